The van der Waals surface area contributed by atoms with Crippen LogP contribution in [-0.2, 0) is 10.0 Å². The number of nitrogens with zero attached hydrogens (tertiary/aromatic N) is 1. The molecule has 0 saturated heterocycles. The second kappa shape index (κ2) is 5.49. The molecule has 1 rings (SSSR count). The molecule has 1 aromatic carbocycles. The van der Waals surface area contributed by atoms with Gasteiger partial charge < -0.3 is 5.73 Å². The lowest BCUT2D eigenvalue weighted by atomic mass is 10.2. The SMILES string of the molecule is Cc1cccc(S(=O)(=O)N(CC(=N)N)C(C)C)c1. The lowest BCUT2D eigenvalue weighted by Crippen LogP contribution is -2.42. The summed E-state index contributed by atoms with van der Waals surface area (Å²) in [5.74, 6) is -0.167. The Labute approximate surface area is 108 Å². The molecule has 0 aliphatic heterocycles. The van der Waals surface area contributed by atoms with Crippen LogP contribution in [0.25, 0.3) is 0 Å². The number of aryl methyl sites for hydroxylation is 1. The normalized spacial score (nSPS) is 12.1. The van der Waals surface area contributed by atoms with Crippen LogP contribution in [0.2, 0.25) is 0 Å². The highest BCUT2D eigenvalue weighted by atomic mass is 32.2. The summed E-state index contributed by atoms with van der Waals surface area (Å²) in [7, 11) is -3.61. The molecule has 0 spiro atoms. The van der Waals surface area contributed by atoms with E-state index in [9.17, 15) is 8.42 Å². The van der Waals surface area contributed by atoms with Crippen LogP contribution in [0.1, 0.15) is 19.4 Å². The molecule has 0 aromatic heterocycles. The third kappa shape index (κ3) is 3.30. The fraction of sp³-hybridized carbons (Fsp3) is 0.417. The lowest BCUT2D eigenvalue weighted by molar-refractivity contribution is 0.389. The van der Waals surface area contributed by atoms with Crippen LogP contribution in [0.3, 0.4) is 0 Å². The predicted molar refractivity (Wildman–Crippen MR) is 72.1 cm³/mol. The second-order valence-electron chi connectivity index (χ2n) is 4.49. The number of nitrogens with one attached hydrogen (secondary N) is 1. The molecule has 0 aliphatic carbocycles. The zero-order valence-corrected chi connectivity index (χ0v) is 11.7. The molecule has 0 amide bonds. The van der Waals surface area contributed by atoms with Gasteiger partial charge in [-0.15, -0.1) is 0 Å². The Kier molecular flexibility index (Phi) is 4.48. The number of benzene rings is 1. The van der Waals surface area contributed by atoms with Crippen LogP contribution >= 0.6 is 0 Å². The van der Waals surface area contributed by atoms with Gasteiger partial charge in [-0.25, -0.2) is 8.42 Å². The Hall–Kier alpha value is -1.40. The lowest BCUT2D eigenvalue weighted by Gasteiger charge is -2.25. The Bertz CT molecular complexity index is 538. The molecular formula is C12H19N3O2S. The van der Waals surface area contributed by atoms with Gasteiger partial charge in [0.2, 0.25) is 10.0 Å². The van der Waals surface area contributed by atoms with Gasteiger partial charge in [0.25, 0.3) is 0 Å². The average molecular weight is 269 g/mol. The van der Waals surface area contributed by atoms with E-state index >= 15 is 0 Å². The van der Waals surface area contributed by atoms with Crippen LogP contribution in [-0.4, -0.2) is 31.1 Å². The largest absolute Gasteiger partial charge is 0.387 e. The number of sulfonamides is 1. The minimum atomic E-state index is -3.61. The van der Waals surface area contributed by atoms with Crippen molar-refractivity contribution < 1.29 is 8.42 Å². The quantitative estimate of drug-likeness (QED) is 0.624. The number of hydrogen-bond donors (Lipinski definition) is 2. The van der Waals surface area contributed by atoms with Gasteiger partial charge in [0.15, 0.2) is 0 Å². The number of nitrogens with two attached hydrogens (primary N) is 1. The van der Waals surface area contributed by atoms with Crippen molar-refractivity contribution in [3.05, 3.63) is 29.8 Å². The van der Waals surface area contributed by atoms with Crippen molar-refractivity contribution in [2.45, 2.75) is 31.7 Å². The monoisotopic (exact) mass is 269 g/mol. The highest BCUT2D eigenvalue weighted by Crippen LogP contribution is 2.18. The Morgan fingerprint density at radius 1 is 1.44 bits per heavy atom. The van der Waals surface area contributed by atoms with Crippen molar-refractivity contribution in [3.8, 4) is 0 Å². The zero-order valence-electron chi connectivity index (χ0n) is 10.8. The minimum Gasteiger partial charge on any atom is -0.387 e. The summed E-state index contributed by atoms with van der Waals surface area (Å²) < 4.78 is 26.1. The van der Waals surface area contributed by atoms with Gasteiger partial charge in [0, 0.05) is 6.04 Å². The minimum absolute atomic E-state index is 0.0893. The molecule has 0 atom stereocenters. The standard InChI is InChI=1S/C12H19N3O2S/c1-9(2)15(8-12(13)14)18(16,17)11-6-4-5-10(3)7-11/h4-7,9H,8H2,1-3H3,(H3,13,14). The molecule has 0 saturated carbocycles. The van der Waals surface area contributed by atoms with E-state index in [1.807, 2.05) is 13.0 Å². The molecule has 0 heterocycles. The van der Waals surface area contributed by atoms with Crippen LogP contribution < -0.4 is 5.73 Å². The van der Waals surface area contributed by atoms with E-state index in [0.717, 1.165) is 5.56 Å². The number of rotatable bonds is 5. The van der Waals surface area contributed by atoms with Crippen LogP contribution in [0.4, 0.5) is 0 Å². The van der Waals surface area contributed by atoms with Gasteiger partial charge in [-0.3, -0.25) is 5.41 Å². The van der Waals surface area contributed by atoms with Crippen molar-refractivity contribution in [2.75, 3.05) is 6.54 Å². The van der Waals surface area contributed by atoms with E-state index in [0.29, 0.717) is 0 Å². The predicted octanol–water partition coefficient (Wildman–Crippen LogP) is 1.33. The second-order valence-corrected chi connectivity index (χ2v) is 6.38. The summed E-state index contributed by atoms with van der Waals surface area (Å²) >= 11 is 0. The summed E-state index contributed by atoms with van der Waals surface area (Å²) in [6.07, 6.45) is 0. The van der Waals surface area contributed by atoms with Crippen LogP contribution in [0, 0.1) is 12.3 Å². The first-order chi connectivity index (χ1) is 8.25. The first kappa shape index (κ1) is 14.7. The van der Waals surface area contributed by atoms with E-state index in [-0.39, 0.29) is 23.3 Å². The van der Waals surface area contributed by atoms with Gasteiger partial charge in [-0.1, -0.05) is 12.1 Å². The zero-order chi connectivity index (χ0) is 13.9. The van der Waals surface area contributed by atoms with Crippen molar-refractivity contribution in [1.82, 2.24) is 4.31 Å². The molecule has 0 bridgehead atoms. The molecule has 3 N–H and O–H groups in total. The highest BCUT2D eigenvalue weighted by molar-refractivity contribution is 7.89. The molecule has 6 heteroatoms. The Morgan fingerprint density at radius 3 is 2.50 bits per heavy atom. The fourth-order valence-corrected chi connectivity index (χ4v) is 3.34. The summed E-state index contributed by atoms with van der Waals surface area (Å²) in [6.45, 7) is 5.27. The summed E-state index contributed by atoms with van der Waals surface area (Å²) in [5, 5.41) is 7.27. The third-order valence-electron chi connectivity index (χ3n) is 2.50. The first-order valence-corrected chi connectivity index (χ1v) is 7.10. The van der Waals surface area contributed by atoms with Crippen molar-refractivity contribution in [2.24, 2.45) is 5.73 Å². The molecule has 5 nitrogen and oxygen atoms in total. The van der Waals surface area contributed by atoms with E-state index in [1.54, 1.807) is 32.0 Å². The fourth-order valence-electron chi connectivity index (χ4n) is 1.62. The van der Waals surface area contributed by atoms with Gasteiger partial charge >= 0.3 is 0 Å². The maximum atomic E-state index is 12.4. The summed E-state index contributed by atoms with van der Waals surface area (Å²) in [4.78, 5) is 0.234. The Morgan fingerprint density at radius 2 is 2.06 bits per heavy atom. The molecule has 0 unspecified atom stereocenters. The van der Waals surface area contributed by atoms with Gasteiger partial charge in [0.05, 0.1) is 11.4 Å². The summed E-state index contributed by atoms with van der Waals surface area (Å²) in [5.41, 5.74) is 6.19. The molecular weight excluding hydrogens is 250 g/mol. The first-order valence-electron chi connectivity index (χ1n) is 5.66. The molecule has 0 radical (unpaired) electrons. The van der Waals surface area contributed by atoms with E-state index in [1.165, 1.54) is 4.31 Å². The third-order valence-corrected chi connectivity index (χ3v) is 4.52. The number of hydrogen-bond acceptors (Lipinski definition) is 3. The summed E-state index contributed by atoms with van der Waals surface area (Å²) in [6, 6.07) is 6.46. The molecule has 18 heavy (non-hydrogen) atoms. The van der Waals surface area contributed by atoms with Gasteiger partial charge in [0.1, 0.15) is 5.84 Å². The van der Waals surface area contributed by atoms with Crippen LogP contribution in [0.5, 0.6) is 0 Å². The van der Waals surface area contributed by atoms with Crippen molar-refractivity contribution >= 4 is 15.9 Å². The van der Waals surface area contributed by atoms with Gasteiger partial charge in [-0.2, -0.15) is 4.31 Å². The molecule has 100 valence electrons. The highest BCUT2D eigenvalue weighted by Gasteiger charge is 2.27. The Balaban J connectivity index is 3.21. The van der Waals surface area contributed by atoms with E-state index in [4.69, 9.17) is 11.1 Å². The van der Waals surface area contributed by atoms with Crippen molar-refractivity contribution in [3.63, 3.8) is 0 Å². The molecule has 1 aromatic rings. The van der Waals surface area contributed by atoms with E-state index < -0.39 is 10.0 Å². The topological polar surface area (TPSA) is 87.2 Å². The molecule has 0 fully saturated rings. The van der Waals surface area contributed by atoms with Gasteiger partial charge in [-0.05, 0) is 38.5 Å². The van der Waals surface area contributed by atoms with E-state index in [2.05, 4.69) is 0 Å². The number of amidine groups is 1. The maximum absolute atomic E-state index is 12.4. The van der Waals surface area contributed by atoms with Crippen molar-refractivity contribution in [1.29, 1.82) is 5.41 Å². The van der Waals surface area contributed by atoms with Crippen LogP contribution in [0.15, 0.2) is 29.2 Å². The average Bonchev–Trinajstić information content (AvgIpc) is 2.25. The molecule has 0 aliphatic rings. The maximum Gasteiger partial charge on any atom is 0.243 e. The smallest absolute Gasteiger partial charge is 0.243 e.